The van der Waals surface area contributed by atoms with Crippen LogP contribution in [0, 0.1) is 0 Å². The summed E-state index contributed by atoms with van der Waals surface area (Å²) >= 11 is -2.05. The zero-order valence-corrected chi connectivity index (χ0v) is 9.85. The van der Waals surface area contributed by atoms with Crippen molar-refractivity contribution in [1.82, 2.24) is 0 Å². The summed E-state index contributed by atoms with van der Waals surface area (Å²) in [6.07, 6.45) is -0.344. The van der Waals surface area contributed by atoms with Gasteiger partial charge in [0, 0.05) is 20.0 Å². The summed E-state index contributed by atoms with van der Waals surface area (Å²) in [6, 6.07) is 0. The molecule has 0 saturated heterocycles. The standard InChI is InChI=1S/C5H12O4S.Na/c1-8-3-5(9-2)4-10(6)7;/h5H,3-4H2,1-2H3,(H,6,7);/q;+1/p-1. The van der Waals surface area contributed by atoms with Gasteiger partial charge in [-0.15, -0.1) is 0 Å². The van der Waals surface area contributed by atoms with E-state index in [-0.39, 0.29) is 41.4 Å². The third-order valence-electron chi connectivity index (χ3n) is 1.01. The van der Waals surface area contributed by atoms with E-state index in [2.05, 4.69) is 0 Å². The van der Waals surface area contributed by atoms with Crippen molar-refractivity contribution in [3.8, 4) is 0 Å². The Morgan fingerprint density at radius 1 is 1.55 bits per heavy atom. The van der Waals surface area contributed by atoms with Crippen LogP contribution in [-0.2, 0) is 20.6 Å². The summed E-state index contributed by atoms with van der Waals surface area (Å²) in [6.45, 7) is 0.310. The second-order valence-electron chi connectivity index (χ2n) is 1.78. The number of methoxy groups -OCH3 is 2. The Balaban J connectivity index is 0. The Hall–Kier alpha value is 1.03. The summed E-state index contributed by atoms with van der Waals surface area (Å²) in [7, 11) is 2.95. The summed E-state index contributed by atoms with van der Waals surface area (Å²) in [5.74, 6) is -0.00958. The molecule has 0 spiro atoms. The summed E-state index contributed by atoms with van der Waals surface area (Å²) in [4.78, 5) is 0. The average Bonchev–Trinajstić information content (AvgIpc) is 1.86. The molecule has 0 aliphatic carbocycles. The van der Waals surface area contributed by atoms with Crippen LogP contribution in [0.3, 0.4) is 0 Å². The Labute approximate surface area is 91.2 Å². The topological polar surface area (TPSA) is 58.6 Å². The van der Waals surface area contributed by atoms with E-state index in [1.165, 1.54) is 14.2 Å². The van der Waals surface area contributed by atoms with Crippen molar-refractivity contribution >= 4 is 11.1 Å². The first-order valence-corrected chi connectivity index (χ1v) is 4.02. The maximum Gasteiger partial charge on any atom is 1.00 e. The van der Waals surface area contributed by atoms with Crippen LogP contribution in [0.2, 0.25) is 0 Å². The maximum absolute atomic E-state index is 10.1. The third-order valence-corrected chi connectivity index (χ3v) is 1.65. The first-order chi connectivity index (χ1) is 4.70. The van der Waals surface area contributed by atoms with Gasteiger partial charge in [0.05, 0.1) is 12.7 Å². The van der Waals surface area contributed by atoms with Crippen molar-refractivity contribution in [3.63, 3.8) is 0 Å². The first-order valence-electron chi connectivity index (χ1n) is 2.78. The molecule has 0 amide bonds. The van der Waals surface area contributed by atoms with Gasteiger partial charge in [-0.2, -0.15) is 0 Å². The molecule has 0 aromatic heterocycles. The van der Waals surface area contributed by atoms with Crippen molar-refractivity contribution in [2.45, 2.75) is 6.10 Å². The fourth-order valence-corrected chi connectivity index (χ4v) is 1.06. The Morgan fingerprint density at radius 3 is 2.36 bits per heavy atom. The van der Waals surface area contributed by atoms with Crippen LogP contribution in [0.4, 0.5) is 0 Å². The van der Waals surface area contributed by atoms with Crippen LogP contribution in [0.15, 0.2) is 0 Å². The smallest absolute Gasteiger partial charge is 0.772 e. The van der Waals surface area contributed by atoms with Crippen molar-refractivity contribution in [3.05, 3.63) is 0 Å². The summed E-state index contributed by atoms with van der Waals surface area (Å²) in [5.41, 5.74) is 0. The summed E-state index contributed by atoms with van der Waals surface area (Å²) < 4.78 is 29.7. The second kappa shape index (κ2) is 9.12. The molecule has 4 nitrogen and oxygen atoms in total. The maximum atomic E-state index is 10.1. The van der Waals surface area contributed by atoms with E-state index in [1.807, 2.05) is 0 Å². The van der Waals surface area contributed by atoms with Gasteiger partial charge in [0.2, 0.25) is 0 Å². The molecular weight excluding hydrogens is 179 g/mol. The molecule has 0 saturated carbocycles. The fourth-order valence-electron chi connectivity index (χ4n) is 0.522. The van der Waals surface area contributed by atoms with Gasteiger partial charge in [0.25, 0.3) is 0 Å². The van der Waals surface area contributed by atoms with Gasteiger partial charge in [0.15, 0.2) is 0 Å². The molecule has 0 fully saturated rings. The molecule has 0 aromatic carbocycles. The Kier molecular flexibility index (Phi) is 12.1. The molecule has 62 valence electrons. The molecule has 0 heterocycles. The third kappa shape index (κ3) is 8.94. The Bertz CT molecular complexity index is 111. The van der Waals surface area contributed by atoms with Gasteiger partial charge in [0.1, 0.15) is 0 Å². The molecule has 0 aromatic rings. The van der Waals surface area contributed by atoms with Crippen molar-refractivity contribution in [2.24, 2.45) is 0 Å². The van der Waals surface area contributed by atoms with E-state index in [0.29, 0.717) is 6.61 Å². The monoisotopic (exact) mass is 190 g/mol. The predicted molar refractivity (Wildman–Crippen MR) is 36.5 cm³/mol. The van der Waals surface area contributed by atoms with Crippen LogP contribution < -0.4 is 29.6 Å². The van der Waals surface area contributed by atoms with Crippen molar-refractivity contribution in [2.75, 3.05) is 26.6 Å². The van der Waals surface area contributed by atoms with E-state index >= 15 is 0 Å². The quantitative estimate of drug-likeness (QED) is 0.334. The molecule has 6 heteroatoms. The van der Waals surface area contributed by atoms with Crippen LogP contribution >= 0.6 is 0 Å². The normalized spacial score (nSPS) is 15.2. The molecule has 0 rings (SSSR count). The number of hydrogen-bond donors (Lipinski definition) is 0. The van der Waals surface area contributed by atoms with E-state index in [9.17, 15) is 8.76 Å². The number of ether oxygens (including phenoxy) is 2. The van der Waals surface area contributed by atoms with Gasteiger partial charge in [-0.3, -0.25) is 4.21 Å². The molecule has 11 heavy (non-hydrogen) atoms. The van der Waals surface area contributed by atoms with E-state index in [1.54, 1.807) is 0 Å². The van der Waals surface area contributed by atoms with Crippen molar-refractivity contribution in [1.29, 1.82) is 0 Å². The largest absolute Gasteiger partial charge is 1.00 e. The second-order valence-corrected chi connectivity index (χ2v) is 2.72. The minimum atomic E-state index is -2.05. The van der Waals surface area contributed by atoms with Gasteiger partial charge in [-0.05, 0) is 0 Å². The molecule has 2 atom stereocenters. The first kappa shape index (κ1) is 14.5. The predicted octanol–water partition coefficient (Wildman–Crippen LogP) is -3.47. The zero-order valence-electron chi connectivity index (χ0n) is 7.03. The molecular formula is C5H11NaO4S. The van der Waals surface area contributed by atoms with E-state index in [0.717, 1.165) is 0 Å². The van der Waals surface area contributed by atoms with Crippen LogP contribution in [0.1, 0.15) is 0 Å². The minimum Gasteiger partial charge on any atom is -0.772 e. The molecule has 0 aliphatic heterocycles. The molecule has 0 bridgehead atoms. The minimum absolute atomic E-state index is 0. The number of rotatable bonds is 5. The molecule has 0 aliphatic rings. The van der Waals surface area contributed by atoms with Gasteiger partial charge in [-0.1, -0.05) is 11.1 Å². The molecule has 0 radical (unpaired) electrons. The van der Waals surface area contributed by atoms with Crippen LogP contribution in [-0.4, -0.2) is 41.4 Å². The molecule has 0 N–H and O–H groups in total. The fraction of sp³-hybridized carbons (Fsp3) is 1.00. The van der Waals surface area contributed by atoms with E-state index < -0.39 is 11.1 Å². The van der Waals surface area contributed by atoms with Gasteiger partial charge >= 0.3 is 29.6 Å². The van der Waals surface area contributed by atoms with E-state index in [4.69, 9.17) is 9.47 Å². The summed E-state index contributed by atoms with van der Waals surface area (Å²) in [5, 5.41) is 0. The number of hydrogen-bond acceptors (Lipinski definition) is 4. The van der Waals surface area contributed by atoms with Crippen LogP contribution in [0.5, 0.6) is 0 Å². The average molecular weight is 190 g/mol. The van der Waals surface area contributed by atoms with Gasteiger partial charge in [-0.25, -0.2) is 0 Å². The zero-order chi connectivity index (χ0) is 7.98. The Morgan fingerprint density at radius 2 is 2.09 bits per heavy atom. The van der Waals surface area contributed by atoms with Crippen LogP contribution in [0.25, 0.3) is 0 Å². The molecule has 2 unspecified atom stereocenters. The van der Waals surface area contributed by atoms with Gasteiger partial charge < -0.3 is 14.0 Å². The SMILES string of the molecule is COCC(CS(=O)[O-])OC.[Na+]. The van der Waals surface area contributed by atoms with Crippen molar-refractivity contribution < 1.29 is 47.8 Å².